The van der Waals surface area contributed by atoms with E-state index in [1.165, 1.54) is 0 Å². The monoisotopic (exact) mass is 159 g/mol. The van der Waals surface area contributed by atoms with E-state index in [1.807, 2.05) is 13.8 Å². The van der Waals surface area contributed by atoms with Gasteiger partial charge in [-0.25, -0.2) is 4.79 Å². The summed E-state index contributed by atoms with van der Waals surface area (Å²) < 4.78 is 0. The third-order valence-electron chi connectivity index (χ3n) is 1.22. The Labute approximate surface area is 65.8 Å². The van der Waals surface area contributed by atoms with Gasteiger partial charge in [-0.1, -0.05) is 19.0 Å². The first kappa shape index (κ1) is 9.94. The number of aliphatic carboxylic acids is 1. The molecule has 4 nitrogen and oxygen atoms in total. The van der Waals surface area contributed by atoms with Crippen LogP contribution in [0.5, 0.6) is 0 Å². The topological polar surface area (TPSA) is 58.9 Å². The molecule has 0 aliphatic carbocycles. The van der Waals surface area contributed by atoms with Crippen LogP contribution in [0, 0.1) is 5.92 Å². The molecule has 0 amide bonds. The highest BCUT2D eigenvalue weighted by atomic mass is 16.6. The van der Waals surface area contributed by atoms with Crippen molar-refractivity contribution >= 4 is 12.2 Å². The van der Waals surface area contributed by atoms with E-state index in [4.69, 9.17) is 5.11 Å². The molecule has 1 N–H and O–H groups in total. The van der Waals surface area contributed by atoms with Gasteiger partial charge < -0.3 is 9.94 Å². The third-order valence-corrected chi connectivity index (χ3v) is 1.22. The van der Waals surface area contributed by atoms with Crippen molar-refractivity contribution < 1.29 is 14.7 Å². The standard InChI is InChI=1S/C7H13NO3/c1-3-6(2)4-8-11-5-7(9)10/h4,6H,3,5H2,1-2H3,(H,9,10)/b8-4+. The number of nitrogens with zero attached hydrogens (tertiary/aromatic N) is 1. The Morgan fingerprint density at radius 2 is 2.45 bits per heavy atom. The van der Waals surface area contributed by atoms with Crippen molar-refractivity contribution in [3.8, 4) is 0 Å². The van der Waals surface area contributed by atoms with E-state index in [2.05, 4.69) is 9.99 Å². The number of hydrogen-bond acceptors (Lipinski definition) is 3. The molecule has 11 heavy (non-hydrogen) atoms. The van der Waals surface area contributed by atoms with Gasteiger partial charge in [-0.05, 0) is 12.3 Å². The van der Waals surface area contributed by atoms with Crippen LogP contribution in [0.2, 0.25) is 0 Å². The van der Waals surface area contributed by atoms with Crippen molar-refractivity contribution in [2.75, 3.05) is 6.61 Å². The van der Waals surface area contributed by atoms with E-state index in [0.717, 1.165) is 6.42 Å². The Morgan fingerprint density at radius 3 is 2.91 bits per heavy atom. The molecule has 4 heteroatoms. The average molecular weight is 159 g/mol. The molecule has 0 aromatic carbocycles. The van der Waals surface area contributed by atoms with Crippen molar-refractivity contribution in [3.63, 3.8) is 0 Å². The second-order valence-corrected chi connectivity index (χ2v) is 2.31. The quantitative estimate of drug-likeness (QED) is 0.483. The molecule has 0 rings (SSSR count). The number of oxime groups is 1. The van der Waals surface area contributed by atoms with E-state index >= 15 is 0 Å². The fourth-order valence-corrected chi connectivity index (χ4v) is 0.345. The normalized spacial score (nSPS) is 13.3. The summed E-state index contributed by atoms with van der Waals surface area (Å²) in [4.78, 5) is 14.4. The highest BCUT2D eigenvalue weighted by Gasteiger charge is 1.94. The lowest BCUT2D eigenvalue weighted by Crippen LogP contribution is -2.04. The Hall–Kier alpha value is -1.06. The molecule has 1 atom stereocenters. The number of rotatable bonds is 5. The fraction of sp³-hybridized carbons (Fsp3) is 0.714. The van der Waals surface area contributed by atoms with E-state index in [9.17, 15) is 4.79 Å². The molecule has 0 spiro atoms. The second kappa shape index (κ2) is 5.70. The molecule has 1 unspecified atom stereocenters. The van der Waals surface area contributed by atoms with Gasteiger partial charge in [0.2, 0.25) is 6.61 Å². The van der Waals surface area contributed by atoms with E-state index in [1.54, 1.807) is 6.21 Å². The van der Waals surface area contributed by atoms with Crippen LogP contribution in [0.1, 0.15) is 20.3 Å². The van der Waals surface area contributed by atoms with Crippen molar-refractivity contribution in [2.45, 2.75) is 20.3 Å². The lowest BCUT2D eigenvalue weighted by Gasteiger charge is -1.97. The molecular formula is C7H13NO3. The zero-order valence-corrected chi connectivity index (χ0v) is 6.78. The first-order valence-electron chi connectivity index (χ1n) is 3.54. The van der Waals surface area contributed by atoms with Crippen LogP contribution < -0.4 is 0 Å². The second-order valence-electron chi connectivity index (χ2n) is 2.31. The zero-order valence-electron chi connectivity index (χ0n) is 6.78. The largest absolute Gasteiger partial charge is 0.479 e. The average Bonchev–Trinajstić information content (AvgIpc) is 1.97. The molecule has 64 valence electrons. The van der Waals surface area contributed by atoms with E-state index in [0.29, 0.717) is 5.92 Å². The van der Waals surface area contributed by atoms with Gasteiger partial charge in [0.05, 0.1) is 0 Å². The predicted octanol–water partition coefficient (Wildman–Crippen LogP) is 1.12. The van der Waals surface area contributed by atoms with E-state index in [-0.39, 0.29) is 6.61 Å². The predicted molar refractivity (Wildman–Crippen MR) is 41.5 cm³/mol. The lowest BCUT2D eigenvalue weighted by molar-refractivity contribution is -0.142. The minimum absolute atomic E-state index is 0.337. The van der Waals surface area contributed by atoms with Crippen molar-refractivity contribution in [3.05, 3.63) is 0 Å². The van der Waals surface area contributed by atoms with Gasteiger partial charge in [-0.3, -0.25) is 0 Å². The molecule has 0 heterocycles. The third kappa shape index (κ3) is 6.83. The van der Waals surface area contributed by atoms with Gasteiger partial charge in [0.15, 0.2) is 0 Å². The molecular weight excluding hydrogens is 146 g/mol. The minimum atomic E-state index is -1.01. The van der Waals surface area contributed by atoms with Crippen LogP contribution in [-0.2, 0) is 9.63 Å². The van der Waals surface area contributed by atoms with Crippen molar-refractivity contribution in [2.24, 2.45) is 11.1 Å². The maximum Gasteiger partial charge on any atom is 0.344 e. The van der Waals surface area contributed by atoms with Gasteiger partial charge in [0, 0.05) is 6.21 Å². The Morgan fingerprint density at radius 1 is 1.82 bits per heavy atom. The number of carboxylic acids is 1. The first-order valence-corrected chi connectivity index (χ1v) is 3.54. The van der Waals surface area contributed by atoms with Gasteiger partial charge in [-0.15, -0.1) is 0 Å². The summed E-state index contributed by atoms with van der Waals surface area (Å²) in [6, 6.07) is 0. The minimum Gasteiger partial charge on any atom is -0.479 e. The fourth-order valence-electron chi connectivity index (χ4n) is 0.345. The van der Waals surface area contributed by atoms with Crippen LogP contribution in [-0.4, -0.2) is 23.9 Å². The highest BCUT2D eigenvalue weighted by molar-refractivity contribution is 5.68. The van der Waals surface area contributed by atoms with Crippen LogP contribution in [0.25, 0.3) is 0 Å². The summed E-state index contributed by atoms with van der Waals surface area (Å²) in [5, 5.41) is 11.6. The highest BCUT2D eigenvalue weighted by Crippen LogP contribution is 1.95. The molecule has 0 aliphatic rings. The summed E-state index contributed by atoms with van der Waals surface area (Å²) in [7, 11) is 0. The van der Waals surface area contributed by atoms with Crippen LogP contribution in [0.4, 0.5) is 0 Å². The number of carbonyl (C=O) groups is 1. The molecule has 0 bridgehead atoms. The van der Waals surface area contributed by atoms with Crippen molar-refractivity contribution in [1.82, 2.24) is 0 Å². The number of hydrogen-bond donors (Lipinski definition) is 1. The van der Waals surface area contributed by atoms with Gasteiger partial charge in [0.25, 0.3) is 0 Å². The maximum atomic E-state index is 9.91. The Balaban J connectivity index is 3.36. The van der Waals surface area contributed by atoms with Gasteiger partial charge in [0.1, 0.15) is 0 Å². The maximum absolute atomic E-state index is 9.91. The van der Waals surface area contributed by atoms with Crippen LogP contribution in [0.15, 0.2) is 5.16 Å². The lowest BCUT2D eigenvalue weighted by atomic mass is 10.1. The van der Waals surface area contributed by atoms with Crippen molar-refractivity contribution in [1.29, 1.82) is 0 Å². The molecule has 0 aliphatic heterocycles. The van der Waals surface area contributed by atoms with Gasteiger partial charge >= 0.3 is 5.97 Å². The molecule has 0 saturated carbocycles. The molecule has 0 fully saturated rings. The SMILES string of the molecule is CCC(C)/C=N/OCC(=O)O. The zero-order chi connectivity index (χ0) is 8.69. The Bertz CT molecular complexity index is 145. The van der Waals surface area contributed by atoms with Gasteiger partial charge in [-0.2, -0.15) is 0 Å². The molecule has 0 saturated heterocycles. The summed E-state index contributed by atoms with van der Waals surface area (Å²) in [5.41, 5.74) is 0. The first-order chi connectivity index (χ1) is 5.16. The summed E-state index contributed by atoms with van der Waals surface area (Å²) in [5.74, 6) is -0.671. The molecule has 0 aromatic heterocycles. The van der Waals surface area contributed by atoms with Crippen LogP contribution in [0.3, 0.4) is 0 Å². The summed E-state index contributed by atoms with van der Waals surface area (Å²) in [6.45, 7) is 3.63. The van der Waals surface area contributed by atoms with E-state index < -0.39 is 5.97 Å². The number of carboxylic acid groups (broad SMARTS) is 1. The summed E-state index contributed by atoms with van der Waals surface area (Å²) in [6.07, 6.45) is 2.57. The molecule has 0 radical (unpaired) electrons. The Kier molecular flexibility index (Phi) is 5.15. The summed E-state index contributed by atoms with van der Waals surface area (Å²) >= 11 is 0. The smallest absolute Gasteiger partial charge is 0.344 e. The molecule has 0 aromatic rings. The van der Waals surface area contributed by atoms with Crippen LogP contribution >= 0.6 is 0 Å².